The van der Waals surface area contributed by atoms with Crippen molar-refractivity contribution >= 4 is 50.2 Å². The molecule has 2 N–H and O–H groups in total. The third-order valence-corrected chi connectivity index (χ3v) is 7.83. The van der Waals surface area contributed by atoms with Crippen LogP contribution in [0.3, 0.4) is 0 Å². The van der Waals surface area contributed by atoms with Crippen molar-refractivity contribution in [2.24, 2.45) is 0 Å². The van der Waals surface area contributed by atoms with Gasteiger partial charge >= 0.3 is 0 Å². The van der Waals surface area contributed by atoms with Crippen LogP contribution in [0.1, 0.15) is 5.56 Å². The smallest absolute Gasteiger partial charge is 0.164 e. The Bertz CT molecular complexity index is 2450. The molecule has 8 bridgehead atoms. The fourth-order valence-corrected chi connectivity index (χ4v) is 5.89. The SMILES string of the molecule is C=Cc1cccc2c3nc4nc(nc5[nH]c(nc6nc(nc([nH]3)c12)-c1ccccc1-6)c1ccccc51)-c1ccccc1-4. The largest absolute Gasteiger partial charge is 0.324 e. The highest BCUT2D eigenvalue weighted by molar-refractivity contribution is 6.09. The van der Waals surface area contributed by atoms with Gasteiger partial charge in [-0.1, -0.05) is 104 Å². The second-order valence-corrected chi connectivity index (χ2v) is 10.2. The normalized spacial score (nSPS) is 11.9. The summed E-state index contributed by atoms with van der Waals surface area (Å²) >= 11 is 0. The van der Waals surface area contributed by atoms with E-state index in [4.69, 9.17) is 29.9 Å². The summed E-state index contributed by atoms with van der Waals surface area (Å²) in [5.74, 6) is 2.32. The van der Waals surface area contributed by atoms with Gasteiger partial charge in [-0.25, -0.2) is 29.9 Å². The molecule has 0 saturated heterocycles. The molecule has 0 spiro atoms. The Morgan fingerprint density at radius 1 is 0.429 bits per heavy atom. The number of hydrogen-bond donors (Lipinski definition) is 2. The quantitative estimate of drug-likeness (QED) is 0.223. The van der Waals surface area contributed by atoms with Crippen LogP contribution < -0.4 is 0 Å². The molecule has 8 nitrogen and oxygen atoms in total. The first-order valence-electron chi connectivity index (χ1n) is 13.6. The van der Waals surface area contributed by atoms with Gasteiger partial charge in [-0.3, -0.25) is 0 Å². The summed E-state index contributed by atoms with van der Waals surface area (Å²) in [6, 6.07) is 30.2. The monoisotopic (exact) mass is 540 g/mol. The summed E-state index contributed by atoms with van der Waals surface area (Å²) in [5, 5.41) is 3.73. The summed E-state index contributed by atoms with van der Waals surface area (Å²) < 4.78 is 0. The molecule has 0 amide bonds. The van der Waals surface area contributed by atoms with Crippen LogP contribution in [0.5, 0.6) is 0 Å². The maximum Gasteiger partial charge on any atom is 0.164 e. The summed E-state index contributed by atoms with van der Waals surface area (Å²) in [6.07, 6.45) is 1.83. The van der Waals surface area contributed by atoms with Gasteiger partial charge in [0.25, 0.3) is 0 Å². The Morgan fingerprint density at radius 2 is 0.833 bits per heavy atom. The van der Waals surface area contributed by atoms with Crippen molar-refractivity contribution in [1.82, 2.24) is 39.9 Å². The molecule has 3 aromatic heterocycles. The molecule has 7 aromatic rings. The lowest BCUT2D eigenvalue weighted by Gasteiger charge is -1.97. The van der Waals surface area contributed by atoms with Gasteiger partial charge in [0.15, 0.2) is 23.3 Å². The average molecular weight is 541 g/mol. The third kappa shape index (κ3) is 3.23. The standard InChI is InChI=1S/C34H20N8/c1-2-18-10-9-17-25-26(18)34-41-32-24-16-8-7-15-23(24)30(39-32)37-28-20-12-4-3-11-19(20)27(35-28)36-29-21-13-5-6-14-22(21)31(38-29)40-33(25)42-34/h2-17H,1H2,(H2,35,36,37,38,39,40,41,42). The highest BCUT2D eigenvalue weighted by Crippen LogP contribution is 2.37. The molecule has 0 unspecified atom stereocenters. The van der Waals surface area contributed by atoms with Crippen molar-refractivity contribution in [3.63, 3.8) is 0 Å². The lowest BCUT2D eigenvalue weighted by atomic mass is 10.1. The first kappa shape index (κ1) is 22.8. The predicted octanol–water partition coefficient (Wildman–Crippen LogP) is 7.51. The second-order valence-electron chi connectivity index (χ2n) is 10.2. The number of nitrogens with zero attached hydrogens (tertiary/aromatic N) is 6. The minimum absolute atomic E-state index is 0.574. The van der Waals surface area contributed by atoms with E-state index in [2.05, 4.69) is 16.5 Å². The van der Waals surface area contributed by atoms with Gasteiger partial charge in [-0.05, 0) is 5.56 Å². The van der Waals surface area contributed by atoms with Crippen molar-refractivity contribution in [2.75, 3.05) is 0 Å². The molecule has 9 rings (SSSR count). The Labute approximate surface area is 238 Å². The molecule has 0 atom stereocenters. The lowest BCUT2D eigenvalue weighted by Crippen LogP contribution is -1.83. The minimum Gasteiger partial charge on any atom is -0.324 e. The highest BCUT2D eigenvalue weighted by Gasteiger charge is 2.22. The van der Waals surface area contributed by atoms with Crippen LogP contribution in [0.15, 0.2) is 97.6 Å². The fraction of sp³-hybridized carbons (Fsp3) is 0. The Balaban J connectivity index is 1.52. The molecular weight excluding hydrogens is 520 g/mol. The van der Waals surface area contributed by atoms with Gasteiger partial charge in [-0.2, -0.15) is 0 Å². The van der Waals surface area contributed by atoms with E-state index in [1.165, 1.54) is 0 Å². The third-order valence-electron chi connectivity index (χ3n) is 7.83. The zero-order chi connectivity index (χ0) is 27.8. The van der Waals surface area contributed by atoms with Gasteiger partial charge in [-0.15, -0.1) is 0 Å². The van der Waals surface area contributed by atoms with Crippen LogP contribution in [-0.2, 0) is 0 Å². The van der Waals surface area contributed by atoms with E-state index >= 15 is 0 Å². The van der Waals surface area contributed by atoms with E-state index < -0.39 is 0 Å². The maximum absolute atomic E-state index is 5.08. The Hall–Kier alpha value is -6.02. The molecule has 2 aliphatic heterocycles. The lowest BCUT2D eigenvalue weighted by molar-refractivity contribution is 1.19. The van der Waals surface area contributed by atoms with Crippen LogP contribution in [-0.4, -0.2) is 39.9 Å². The number of aromatic amines is 2. The van der Waals surface area contributed by atoms with Crippen molar-refractivity contribution in [3.05, 3.63) is 103 Å². The van der Waals surface area contributed by atoms with Crippen molar-refractivity contribution < 1.29 is 0 Å². The molecule has 196 valence electrons. The van der Waals surface area contributed by atoms with Crippen molar-refractivity contribution in [2.45, 2.75) is 0 Å². The van der Waals surface area contributed by atoms with Gasteiger partial charge in [0.05, 0.1) is 0 Å². The van der Waals surface area contributed by atoms with Gasteiger partial charge in [0, 0.05) is 43.8 Å². The highest BCUT2D eigenvalue weighted by atomic mass is 15.1. The zero-order valence-electron chi connectivity index (χ0n) is 22.1. The molecule has 5 heterocycles. The summed E-state index contributed by atoms with van der Waals surface area (Å²) in [6.45, 7) is 4.05. The molecule has 0 fully saturated rings. The molecule has 42 heavy (non-hydrogen) atoms. The van der Waals surface area contributed by atoms with E-state index in [0.29, 0.717) is 45.9 Å². The van der Waals surface area contributed by atoms with E-state index in [1.54, 1.807) is 0 Å². The minimum atomic E-state index is 0.574. The van der Waals surface area contributed by atoms with Crippen LogP contribution >= 0.6 is 0 Å². The van der Waals surface area contributed by atoms with E-state index in [9.17, 15) is 0 Å². The maximum atomic E-state index is 5.08. The Morgan fingerprint density at radius 3 is 1.33 bits per heavy atom. The number of hydrogen-bond acceptors (Lipinski definition) is 6. The van der Waals surface area contributed by atoms with Gasteiger partial charge in [0.2, 0.25) is 0 Å². The molecule has 0 saturated carbocycles. The molecular formula is C34H20N8. The van der Waals surface area contributed by atoms with Gasteiger partial charge in [0.1, 0.15) is 22.6 Å². The average Bonchev–Trinajstić information content (AvgIpc) is 3.76. The van der Waals surface area contributed by atoms with Crippen LogP contribution in [0, 0.1) is 0 Å². The topological polar surface area (TPSA) is 109 Å². The summed E-state index contributed by atoms with van der Waals surface area (Å²) in [7, 11) is 0. The predicted molar refractivity (Wildman–Crippen MR) is 166 cm³/mol. The number of benzene rings is 4. The van der Waals surface area contributed by atoms with Crippen molar-refractivity contribution in [1.29, 1.82) is 0 Å². The molecule has 4 aromatic carbocycles. The number of fused-ring (bicyclic) bond motifs is 20. The molecule has 2 aliphatic rings. The first-order chi connectivity index (χ1) is 20.7. The molecule has 0 radical (unpaired) electrons. The zero-order valence-corrected chi connectivity index (χ0v) is 22.1. The number of aromatic nitrogens is 8. The summed E-state index contributed by atoms with van der Waals surface area (Å²) in [5.41, 5.74) is 7.25. The van der Waals surface area contributed by atoms with Crippen LogP contribution in [0.4, 0.5) is 0 Å². The van der Waals surface area contributed by atoms with Crippen LogP contribution in [0.25, 0.3) is 95.8 Å². The first-order valence-corrected chi connectivity index (χ1v) is 13.6. The number of H-pyrrole nitrogens is 2. The van der Waals surface area contributed by atoms with E-state index in [1.807, 2.05) is 97.1 Å². The Kier molecular flexibility index (Phi) is 4.60. The van der Waals surface area contributed by atoms with Crippen molar-refractivity contribution in [3.8, 4) is 45.6 Å². The number of nitrogens with one attached hydrogen (secondary N) is 2. The van der Waals surface area contributed by atoms with E-state index in [0.717, 1.165) is 49.4 Å². The molecule has 8 heteroatoms. The van der Waals surface area contributed by atoms with Gasteiger partial charge < -0.3 is 9.97 Å². The number of rotatable bonds is 1. The molecule has 0 aliphatic carbocycles. The van der Waals surface area contributed by atoms with Crippen LogP contribution in [0.2, 0.25) is 0 Å². The fourth-order valence-electron chi connectivity index (χ4n) is 5.89. The summed E-state index contributed by atoms with van der Waals surface area (Å²) in [4.78, 5) is 37.0. The van der Waals surface area contributed by atoms with E-state index in [-0.39, 0.29) is 0 Å². The second kappa shape index (κ2) is 8.49.